The Morgan fingerprint density at radius 1 is 0.952 bits per heavy atom. The number of halogens is 1. The van der Waals surface area contributed by atoms with Crippen LogP contribution in [0.5, 0.6) is 11.5 Å². The van der Waals surface area contributed by atoms with Crippen molar-refractivity contribution in [1.29, 1.82) is 0 Å². The van der Waals surface area contributed by atoms with Gasteiger partial charge in [0, 0.05) is 23.1 Å². The average Bonchev–Trinajstić information content (AvgIpc) is 3.59. The number of hydrogen-bond acceptors (Lipinski definition) is 5. The van der Waals surface area contributed by atoms with Gasteiger partial charge < -0.3 is 26.1 Å². The van der Waals surface area contributed by atoms with Crippen LogP contribution in [0, 0.1) is 0 Å². The van der Waals surface area contributed by atoms with Crippen molar-refractivity contribution in [2.45, 2.75) is 19.0 Å². The van der Waals surface area contributed by atoms with Crippen molar-refractivity contribution >= 4 is 34.4 Å². The molecule has 1 atom stereocenters. The Balaban J connectivity index is 1.21. The van der Waals surface area contributed by atoms with Gasteiger partial charge in [0.05, 0.1) is 11.6 Å². The molecule has 6 N–H and O–H groups in total. The summed E-state index contributed by atoms with van der Waals surface area (Å²) in [5, 5.41) is 14.2. The predicted octanol–water partition coefficient (Wildman–Crippen LogP) is 6.76. The monoisotopic (exact) mass is 577 g/mol. The summed E-state index contributed by atoms with van der Waals surface area (Å²) >= 11 is 6.63. The van der Waals surface area contributed by atoms with Crippen molar-refractivity contribution in [3.63, 3.8) is 0 Å². The number of nitrogen functional groups attached to an aromatic ring is 1. The quantitative estimate of drug-likeness (QED) is 0.129. The zero-order chi connectivity index (χ0) is 28.9. The Morgan fingerprint density at radius 3 is 2.50 bits per heavy atom. The number of carbonyl (C=O) groups excluding carboxylic acids is 1. The van der Waals surface area contributed by atoms with Crippen molar-refractivity contribution in [2.24, 2.45) is 0 Å². The lowest BCUT2D eigenvalue weighted by Gasteiger charge is -2.18. The van der Waals surface area contributed by atoms with Gasteiger partial charge in [-0.1, -0.05) is 84.4 Å². The average molecular weight is 578 g/mol. The molecule has 42 heavy (non-hydrogen) atoms. The SMILES string of the molecule is Nc1n[nH]c2cc(-c3nc([C@H](Cc4ccccc4)NC(=O)NCc4ccccc4Oc4ccccc4)[nH]c3Cl)ccc12. The molecule has 0 saturated heterocycles. The second-order valence-electron chi connectivity index (χ2n) is 9.75. The van der Waals surface area contributed by atoms with Crippen LogP contribution in [0.25, 0.3) is 22.2 Å². The van der Waals surface area contributed by atoms with Crippen molar-refractivity contribution in [3.05, 3.63) is 125 Å². The summed E-state index contributed by atoms with van der Waals surface area (Å²) in [7, 11) is 0. The van der Waals surface area contributed by atoms with E-state index in [4.69, 9.17) is 27.1 Å². The molecular formula is C32H28ClN7O2. The number of carbonyl (C=O) groups is 1. The highest BCUT2D eigenvalue weighted by molar-refractivity contribution is 6.32. The molecule has 0 spiro atoms. The number of nitrogens with zero attached hydrogens (tertiary/aromatic N) is 2. The molecule has 4 aromatic carbocycles. The third kappa shape index (κ3) is 6.06. The third-order valence-electron chi connectivity index (χ3n) is 6.84. The predicted molar refractivity (Wildman–Crippen MR) is 164 cm³/mol. The maximum Gasteiger partial charge on any atom is 0.315 e. The van der Waals surface area contributed by atoms with Crippen LogP contribution in [-0.4, -0.2) is 26.2 Å². The number of aromatic amines is 2. The Labute approximate surface area is 247 Å². The topological polar surface area (TPSA) is 134 Å². The number of para-hydroxylation sites is 2. The molecule has 0 saturated carbocycles. The van der Waals surface area contributed by atoms with E-state index in [-0.39, 0.29) is 12.6 Å². The van der Waals surface area contributed by atoms with Crippen LogP contribution in [0.3, 0.4) is 0 Å². The number of nitrogens with two attached hydrogens (primary N) is 1. The zero-order valence-electron chi connectivity index (χ0n) is 22.5. The number of nitrogens with one attached hydrogen (secondary N) is 4. The first-order valence-corrected chi connectivity index (χ1v) is 13.8. The van der Waals surface area contributed by atoms with E-state index in [1.165, 1.54) is 0 Å². The fourth-order valence-corrected chi connectivity index (χ4v) is 4.98. The molecule has 2 aromatic heterocycles. The third-order valence-corrected chi connectivity index (χ3v) is 7.12. The first kappa shape index (κ1) is 26.9. The maximum absolute atomic E-state index is 13.2. The number of benzene rings is 4. The number of urea groups is 1. The summed E-state index contributed by atoms with van der Waals surface area (Å²) < 4.78 is 6.04. The highest BCUT2D eigenvalue weighted by atomic mass is 35.5. The lowest BCUT2D eigenvalue weighted by molar-refractivity contribution is 0.236. The van der Waals surface area contributed by atoms with Crippen LogP contribution in [-0.2, 0) is 13.0 Å². The molecule has 0 aliphatic carbocycles. The molecule has 9 nitrogen and oxygen atoms in total. The van der Waals surface area contributed by atoms with Gasteiger partial charge in [-0.3, -0.25) is 5.10 Å². The molecule has 0 bridgehead atoms. The Hall–Kier alpha value is -5.28. The maximum atomic E-state index is 13.2. The van der Waals surface area contributed by atoms with Crippen LogP contribution < -0.4 is 21.1 Å². The minimum Gasteiger partial charge on any atom is -0.457 e. The molecule has 10 heteroatoms. The molecule has 0 unspecified atom stereocenters. The van der Waals surface area contributed by atoms with E-state index in [1.807, 2.05) is 103 Å². The number of anilines is 1. The smallest absolute Gasteiger partial charge is 0.315 e. The van der Waals surface area contributed by atoms with Gasteiger partial charge in [-0.25, -0.2) is 9.78 Å². The second-order valence-corrected chi connectivity index (χ2v) is 10.1. The van der Waals surface area contributed by atoms with Gasteiger partial charge in [-0.2, -0.15) is 5.10 Å². The number of H-pyrrole nitrogens is 2. The molecule has 0 radical (unpaired) electrons. The molecule has 0 fully saturated rings. The highest BCUT2D eigenvalue weighted by Crippen LogP contribution is 2.31. The van der Waals surface area contributed by atoms with Crippen LogP contribution in [0.15, 0.2) is 103 Å². The summed E-state index contributed by atoms with van der Waals surface area (Å²) in [6, 6.07) is 31.8. The fourth-order valence-electron chi connectivity index (χ4n) is 4.73. The summed E-state index contributed by atoms with van der Waals surface area (Å²) in [4.78, 5) is 21.2. The number of hydrogen-bond donors (Lipinski definition) is 5. The lowest BCUT2D eigenvalue weighted by atomic mass is 10.1. The summed E-state index contributed by atoms with van der Waals surface area (Å²) in [5.74, 6) is 2.35. The van der Waals surface area contributed by atoms with Crippen LogP contribution >= 0.6 is 11.6 Å². The number of fused-ring (bicyclic) bond motifs is 1. The molecular weight excluding hydrogens is 550 g/mol. The molecule has 6 aromatic rings. The number of ether oxygens (including phenoxy) is 1. The lowest BCUT2D eigenvalue weighted by Crippen LogP contribution is -2.38. The fraction of sp³-hybridized carbons (Fsp3) is 0.0938. The molecule has 210 valence electrons. The van der Waals surface area contributed by atoms with Gasteiger partial charge in [-0.15, -0.1) is 0 Å². The number of amides is 2. The van der Waals surface area contributed by atoms with E-state index in [2.05, 4.69) is 25.8 Å². The summed E-state index contributed by atoms with van der Waals surface area (Å²) in [6.07, 6.45) is 0.501. The largest absolute Gasteiger partial charge is 0.457 e. The van der Waals surface area contributed by atoms with Gasteiger partial charge in [0.1, 0.15) is 28.2 Å². The minimum atomic E-state index is -0.485. The van der Waals surface area contributed by atoms with Crippen molar-refractivity contribution in [2.75, 3.05) is 5.73 Å². The van der Waals surface area contributed by atoms with E-state index in [0.29, 0.717) is 34.7 Å². The minimum absolute atomic E-state index is 0.268. The number of rotatable bonds is 9. The van der Waals surface area contributed by atoms with Gasteiger partial charge in [0.15, 0.2) is 5.82 Å². The Kier molecular flexibility index (Phi) is 7.74. The highest BCUT2D eigenvalue weighted by Gasteiger charge is 2.22. The first-order chi connectivity index (χ1) is 20.5. The van der Waals surface area contributed by atoms with Crippen molar-refractivity contribution < 1.29 is 9.53 Å². The standard InChI is InChI=1S/C32H28ClN7O2/c33-29-28(21-15-16-24-25(18-21)39-40-30(24)34)37-31(38-29)26(17-20-9-3-1-4-10-20)36-32(41)35-19-22-11-7-8-14-27(22)42-23-12-5-2-6-13-23/h1-16,18,26H,17,19H2,(H,37,38)(H3,34,39,40)(H2,35,36,41)/t26-/m0/s1. The number of aromatic nitrogens is 4. The van der Waals surface area contributed by atoms with E-state index in [9.17, 15) is 4.79 Å². The van der Waals surface area contributed by atoms with E-state index in [0.717, 1.165) is 33.3 Å². The van der Waals surface area contributed by atoms with E-state index < -0.39 is 6.04 Å². The Bertz CT molecular complexity index is 1820. The van der Waals surface area contributed by atoms with E-state index >= 15 is 0 Å². The van der Waals surface area contributed by atoms with Gasteiger partial charge in [-0.05, 0) is 42.3 Å². The van der Waals surface area contributed by atoms with Gasteiger partial charge in [0.2, 0.25) is 0 Å². The van der Waals surface area contributed by atoms with Crippen LogP contribution in [0.2, 0.25) is 5.15 Å². The van der Waals surface area contributed by atoms with Crippen molar-refractivity contribution in [1.82, 2.24) is 30.8 Å². The second kappa shape index (κ2) is 12.1. The van der Waals surface area contributed by atoms with Crippen molar-refractivity contribution in [3.8, 4) is 22.8 Å². The first-order valence-electron chi connectivity index (χ1n) is 13.4. The number of imidazole rings is 1. The summed E-state index contributed by atoms with van der Waals surface area (Å²) in [6.45, 7) is 0.268. The van der Waals surface area contributed by atoms with Gasteiger partial charge >= 0.3 is 6.03 Å². The van der Waals surface area contributed by atoms with Crippen LogP contribution in [0.4, 0.5) is 10.6 Å². The molecule has 0 aliphatic rings. The normalized spacial score (nSPS) is 11.7. The summed E-state index contributed by atoms with van der Waals surface area (Å²) in [5.41, 5.74) is 9.93. The Morgan fingerprint density at radius 2 is 1.69 bits per heavy atom. The van der Waals surface area contributed by atoms with Crippen LogP contribution in [0.1, 0.15) is 23.0 Å². The molecule has 6 rings (SSSR count). The van der Waals surface area contributed by atoms with Gasteiger partial charge in [0.25, 0.3) is 0 Å². The molecule has 0 aliphatic heterocycles. The molecule has 2 amide bonds. The van der Waals surface area contributed by atoms with E-state index in [1.54, 1.807) is 0 Å². The zero-order valence-corrected chi connectivity index (χ0v) is 23.2. The molecule has 2 heterocycles.